The molecule has 2 atom stereocenters. The second-order valence-corrected chi connectivity index (χ2v) is 8.42. The number of rotatable bonds is 3. The van der Waals surface area contributed by atoms with Gasteiger partial charge in [0.25, 0.3) is 0 Å². The zero-order valence-corrected chi connectivity index (χ0v) is 16.4. The van der Waals surface area contributed by atoms with Crippen LogP contribution in [0.5, 0.6) is 0 Å². The molecule has 0 bridgehead atoms. The average Bonchev–Trinajstić information content (AvgIpc) is 3.06. The second-order valence-electron chi connectivity index (χ2n) is 7.99. The van der Waals surface area contributed by atoms with Gasteiger partial charge in [0.15, 0.2) is 0 Å². The molecule has 1 aromatic carbocycles. The van der Waals surface area contributed by atoms with E-state index in [1.165, 1.54) is 0 Å². The minimum absolute atomic E-state index is 0.0286. The summed E-state index contributed by atoms with van der Waals surface area (Å²) >= 11 is 6.25. The van der Waals surface area contributed by atoms with Gasteiger partial charge in [-0.2, -0.15) is 5.26 Å². The van der Waals surface area contributed by atoms with Crippen LogP contribution in [0.25, 0.3) is 21.9 Å². The number of aromatic nitrogens is 3. The van der Waals surface area contributed by atoms with Crippen LogP contribution in [0.2, 0.25) is 5.02 Å². The fraction of sp³-hybridized carbons (Fsp3) is 0.476. The number of fused-ring (bicyclic) bond motifs is 3. The summed E-state index contributed by atoms with van der Waals surface area (Å²) in [6.45, 7) is 0.528. The van der Waals surface area contributed by atoms with E-state index in [1.54, 1.807) is 12.3 Å². The van der Waals surface area contributed by atoms with E-state index in [0.29, 0.717) is 35.8 Å². The van der Waals surface area contributed by atoms with Crippen LogP contribution >= 0.6 is 11.6 Å². The van der Waals surface area contributed by atoms with Crippen molar-refractivity contribution in [2.24, 2.45) is 0 Å². The largest absolute Gasteiger partial charge is 0.377 e. The number of alkyl halides is 2. The van der Waals surface area contributed by atoms with Crippen molar-refractivity contribution in [2.75, 3.05) is 6.61 Å². The first-order valence-electron chi connectivity index (χ1n) is 9.77. The van der Waals surface area contributed by atoms with Crippen molar-refractivity contribution >= 4 is 33.5 Å². The van der Waals surface area contributed by atoms with Crippen LogP contribution in [-0.4, -0.2) is 33.2 Å². The molecule has 0 spiro atoms. The Kier molecular flexibility index (Phi) is 4.45. The molecule has 0 unspecified atom stereocenters. The summed E-state index contributed by atoms with van der Waals surface area (Å²) in [7, 11) is 0. The van der Waals surface area contributed by atoms with Crippen molar-refractivity contribution in [3.8, 4) is 6.07 Å². The molecule has 5 rings (SSSR count). The standard InChI is InChI=1S/C21H19ClF2N4O/c22-13-1-2-17-16(7-13)19-18(11-26-17)27-20(12-9-21(23,24)10-12)28(19)14-4-6-29-15(8-14)3-5-25/h1-2,7,11-12,14-15H,3-4,6,8-10H2/t14-,15-/m1/s1. The molecule has 1 aliphatic carbocycles. The van der Waals surface area contributed by atoms with Crippen LogP contribution in [-0.2, 0) is 4.74 Å². The Labute approximate surface area is 171 Å². The number of halogens is 3. The monoisotopic (exact) mass is 416 g/mol. The summed E-state index contributed by atoms with van der Waals surface area (Å²) < 4.78 is 35.1. The van der Waals surface area contributed by atoms with Crippen molar-refractivity contribution in [2.45, 2.75) is 56.1 Å². The highest BCUT2D eigenvalue weighted by atomic mass is 35.5. The smallest absolute Gasteiger partial charge is 0.249 e. The van der Waals surface area contributed by atoms with Crippen molar-refractivity contribution in [1.82, 2.24) is 14.5 Å². The first-order valence-corrected chi connectivity index (χ1v) is 10.2. The van der Waals surface area contributed by atoms with E-state index in [4.69, 9.17) is 26.6 Å². The lowest BCUT2D eigenvalue weighted by Gasteiger charge is -2.37. The highest BCUT2D eigenvalue weighted by molar-refractivity contribution is 6.31. The summed E-state index contributed by atoms with van der Waals surface area (Å²) in [6, 6.07) is 7.70. The Balaban J connectivity index is 1.69. The Morgan fingerprint density at radius 1 is 1.31 bits per heavy atom. The molecule has 1 saturated carbocycles. The molecular formula is C21H19ClF2N4O. The molecule has 2 aliphatic rings. The molecule has 1 aliphatic heterocycles. The highest BCUT2D eigenvalue weighted by Gasteiger charge is 2.48. The zero-order valence-electron chi connectivity index (χ0n) is 15.6. The summed E-state index contributed by atoms with van der Waals surface area (Å²) in [5, 5.41) is 10.5. The number of nitriles is 1. The van der Waals surface area contributed by atoms with E-state index in [9.17, 15) is 8.78 Å². The lowest BCUT2D eigenvalue weighted by Crippen LogP contribution is -2.36. The number of hydrogen-bond donors (Lipinski definition) is 0. The van der Waals surface area contributed by atoms with E-state index < -0.39 is 5.92 Å². The third kappa shape index (κ3) is 3.24. The Bertz CT molecular complexity index is 1130. The van der Waals surface area contributed by atoms with E-state index in [0.717, 1.165) is 22.8 Å². The molecule has 8 heteroatoms. The maximum absolute atomic E-state index is 13.6. The first kappa shape index (κ1) is 18.7. The molecule has 29 heavy (non-hydrogen) atoms. The van der Waals surface area contributed by atoms with Gasteiger partial charge in [-0.25, -0.2) is 13.8 Å². The van der Waals surface area contributed by atoms with Crippen LogP contribution in [0, 0.1) is 11.3 Å². The van der Waals surface area contributed by atoms with Crippen LogP contribution in [0.1, 0.15) is 49.9 Å². The zero-order chi connectivity index (χ0) is 20.2. The Morgan fingerprint density at radius 3 is 2.90 bits per heavy atom. The van der Waals surface area contributed by atoms with Gasteiger partial charge in [0, 0.05) is 41.8 Å². The fourth-order valence-electron chi connectivity index (χ4n) is 4.61. The average molecular weight is 417 g/mol. The van der Waals surface area contributed by atoms with Crippen LogP contribution < -0.4 is 0 Å². The van der Waals surface area contributed by atoms with Gasteiger partial charge in [-0.3, -0.25) is 4.98 Å². The van der Waals surface area contributed by atoms with Gasteiger partial charge >= 0.3 is 0 Å². The lowest BCUT2D eigenvalue weighted by molar-refractivity contribution is -0.0898. The molecule has 3 aromatic rings. The molecule has 2 aromatic heterocycles. The van der Waals surface area contributed by atoms with Crippen molar-refractivity contribution < 1.29 is 13.5 Å². The summed E-state index contributed by atoms with van der Waals surface area (Å²) in [5.41, 5.74) is 2.35. The molecule has 5 nitrogen and oxygen atoms in total. The second kappa shape index (κ2) is 6.89. The Hall–Kier alpha value is -2.30. The molecule has 2 fully saturated rings. The first-order chi connectivity index (χ1) is 13.9. The third-order valence-electron chi connectivity index (χ3n) is 5.98. The van der Waals surface area contributed by atoms with Gasteiger partial charge in [0.05, 0.1) is 35.8 Å². The third-order valence-corrected chi connectivity index (χ3v) is 6.22. The molecule has 150 valence electrons. The van der Waals surface area contributed by atoms with E-state index in [-0.39, 0.29) is 30.9 Å². The predicted molar refractivity (Wildman–Crippen MR) is 105 cm³/mol. The van der Waals surface area contributed by atoms with Gasteiger partial charge in [-0.05, 0) is 31.0 Å². The van der Waals surface area contributed by atoms with E-state index in [1.807, 2.05) is 12.1 Å². The number of imidazole rings is 1. The molecule has 0 amide bonds. The summed E-state index contributed by atoms with van der Waals surface area (Å²) in [4.78, 5) is 9.22. The lowest BCUT2D eigenvalue weighted by atomic mass is 9.80. The molecule has 1 saturated heterocycles. The van der Waals surface area contributed by atoms with Gasteiger partial charge in [0.2, 0.25) is 5.92 Å². The number of benzene rings is 1. The van der Waals surface area contributed by atoms with Crippen LogP contribution in [0.3, 0.4) is 0 Å². The minimum atomic E-state index is -2.63. The van der Waals surface area contributed by atoms with Crippen LogP contribution in [0.4, 0.5) is 8.78 Å². The van der Waals surface area contributed by atoms with Gasteiger partial charge < -0.3 is 9.30 Å². The van der Waals surface area contributed by atoms with Gasteiger partial charge in [-0.1, -0.05) is 11.6 Å². The summed E-state index contributed by atoms with van der Waals surface area (Å²) in [6.07, 6.45) is 2.87. The molecule has 3 heterocycles. The van der Waals surface area contributed by atoms with Crippen molar-refractivity contribution in [1.29, 1.82) is 5.26 Å². The van der Waals surface area contributed by atoms with Crippen LogP contribution in [0.15, 0.2) is 24.4 Å². The van der Waals surface area contributed by atoms with Gasteiger partial charge in [-0.15, -0.1) is 0 Å². The maximum Gasteiger partial charge on any atom is 0.249 e. The molecular weight excluding hydrogens is 398 g/mol. The topological polar surface area (TPSA) is 63.7 Å². The van der Waals surface area contributed by atoms with E-state index >= 15 is 0 Å². The molecule has 0 N–H and O–H groups in total. The fourth-order valence-corrected chi connectivity index (χ4v) is 4.78. The van der Waals surface area contributed by atoms with E-state index in [2.05, 4.69) is 15.6 Å². The van der Waals surface area contributed by atoms with Crippen molar-refractivity contribution in [3.63, 3.8) is 0 Å². The minimum Gasteiger partial charge on any atom is -0.377 e. The normalized spacial score (nSPS) is 24.5. The highest BCUT2D eigenvalue weighted by Crippen LogP contribution is 2.50. The Morgan fingerprint density at radius 2 is 2.14 bits per heavy atom. The number of pyridine rings is 1. The number of hydrogen-bond acceptors (Lipinski definition) is 4. The predicted octanol–water partition coefficient (Wildman–Crippen LogP) is 5.38. The van der Waals surface area contributed by atoms with Crippen molar-refractivity contribution in [3.05, 3.63) is 35.2 Å². The maximum atomic E-state index is 13.6. The SMILES string of the molecule is N#CC[C@@H]1C[C@H](n2c(C3CC(F)(F)C3)nc3cnc4ccc(Cl)cc4c32)CCO1. The molecule has 0 radical (unpaired) electrons. The number of ether oxygens (including phenoxy) is 1. The summed E-state index contributed by atoms with van der Waals surface area (Å²) in [5.74, 6) is -2.23. The quantitative estimate of drug-likeness (QED) is 0.574. The van der Waals surface area contributed by atoms with Gasteiger partial charge in [0.1, 0.15) is 11.3 Å². The number of nitrogens with zero attached hydrogens (tertiary/aromatic N) is 4.